The molecule has 3 heterocycles. The number of nitrogens with one attached hydrogen (secondary N) is 1. The van der Waals surface area contributed by atoms with Gasteiger partial charge in [0.1, 0.15) is 6.04 Å². The molecule has 0 radical (unpaired) electrons. The van der Waals surface area contributed by atoms with Crippen LogP contribution >= 0.6 is 0 Å². The number of ether oxygens (including phenoxy) is 2. The Morgan fingerprint density at radius 3 is 2.55 bits per heavy atom. The van der Waals surface area contributed by atoms with Crippen molar-refractivity contribution in [3.8, 4) is 22.6 Å². The second kappa shape index (κ2) is 7.79. The summed E-state index contributed by atoms with van der Waals surface area (Å²) in [5.74, 6) is 0.885. The number of carbonyl (C=O) groups excluding carboxylic acids is 3. The average Bonchev–Trinajstić information content (AvgIpc) is 3.21. The van der Waals surface area contributed by atoms with Crippen LogP contribution in [0.5, 0.6) is 11.5 Å². The molecule has 1 saturated heterocycles. The van der Waals surface area contributed by atoms with E-state index in [1.54, 1.807) is 21.9 Å². The number of fused-ring (bicyclic) bond motifs is 3. The minimum atomic E-state index is -0.712. The van der Waals surface area contributed by atoms with Gasteiger partial charge in [-0.1, -0.05) is 32.9 Å². The van der Waals surface area contributed by atoms with Crippen molar-refractivity contribution in [2.24, 2.45) is 5.41 Å². The predicted octanol–water partition coefficient (Wildman–Crippen LogP) is 3.12. The molecule has 172 valence electrons. The van der Waals surface area contributed by atoms with E-state index in [-0.39, 0.29) is 36.5 Å². The molecule has 1 atom stereocenters. The third-order valence-corrected chi connectivity index (χ3v) is 6.19. The molecule has 0 aromatic heterocycles. The lowest BCUT2D eigenvalue weighted by Gasteiger charge is -2.40. The van der Waals surface area contributed by atoms with E-state index in [1.165, 1.54) is 0 Å². The molecule has 33 heavy (non-hydrogen) atoms. The van der Waals surface area contributed by atoms with Crippen LogP contribution in [0.4, 0.5) is 5.69 Å². The summed E-state index contributed by atoms with van der Waals surface area (Å²) >= 11 is 0. The molecule has 2 aromatic carbocycles. The van der Waals surface area contributed by atoms with E-state index >= 15 is 0 Å². The second-order valence-corrected chi connectivity index (χ2v) is 9.91. The third kappa shape index (κ3) is 4.01. The van der Waals surface area contributed by atoms with E-state index in [9.17, 15) is 14.4 Å². The van der Waals surface area contributed by atoms with Gasteiger partial charge in [-0.25, -0.2) is 0 Å². The number of hydrogen-bond donors (Lipinski definition) is 1. The zero-order valence-electron chi connectivity index (χ0n) is 19.0. The van der Waals surface area contributed by atoms with Crippen molar-refractivity contribution in [3.05, 3.63) is 42.0 Å². The summed E-state index contributed by atoms with van der Waals surface area (Å²) in [4.78, 5) is 42.5. The number of benzene rings is 2. The van der Waals surface area contributed by atoms with Gasteiger partial charge in [0.2, 0.25) is 18.6 Å². The van der Waals surface area contributed by atoms with Gasteiger partial charge in [-0.15, -0.1) is 0 Å². The van der Waals surface area contributed by atoms with Gasteiger partial charge >= 0.3 is 0 Å². The number of rotatable bonds is 2. The van der Waals surface area contributed by atoms with Crippen molar-refractivity contribution in [2.75, 3.05) is 31.7 Å². The first kappa shape index (κ1) is 21.3. The molecule has 0 bridgehead atoms. The number of anilines is 1. The van der Waals surface area contributed by atoms with Crippen molar-refractivity contribution in [3.63, 3.8) is 0 Å². The van der Waals surface area contributed by atoms with Crippen LogP contribution in [-0.2, 0) is 9.59 Å². The van der Waals surface area contributed by atoms with Crippen LogP contribution < -0.4 is 14.8 Å². The van der Waals surface area contributed by atoms with Gasteiger partial charge in [0.05, 0.1) is 17.8 Å². The minimum Gasteiger partial charge on any atom is -0.454 e. The normalized spacial score (nSPS) is 19.5. The summed E-state index contributed by atoms with van der Waals surface area (Å²) in [6.45, 7) is 7.17. The van der Waals surface area contributed by atoms with Gasteiger partial charge in [0, 0.05) is 19.5 Å². The highest BCUT2D eigenvalue weighted by Crippen LogP contribution is 2.37. The number of piperazine rings is 1. The first-order valence-corrected chi connectivity index (χ1v) is 11.1. The fourth-order valence-corrected chi connectivity index (χ4v) is 4.50. The van der Waals surface area contributed by atoms with Crippen molar-refractivity contribution >= 4 is 23.4 Å². The van der Waals surface area contributed by atoms with Crippen molar-refractivity contribution in [1.82, 2.24) is 9.80 Å². The van der Waals surface area contributed by atoms with Crippen molar-refractivity contribution in [1.29, 1.82) is 0 Å². The highest BCUT2D eigenvalue weighted by molar-refractivity contribution is 6.10. The van der Waals surface area contributed by atoms with Crippen molar-refractivity contribution in [2.45, 2.75) is 33.2 Å². The Bertz CT molecular complexity index is 1150. The maximum Gasteiger partial charge on any atom is 0.256 e. The van der Waals surface area contributed by atoms with Crippen molar-refractivity contribution < 1.29 is 23.9 Å². The van der Waals surface area contributed by atoms with Crippen LogP contribution in [0.1, 0.15) is 37.6 Å². The summed E-state index contributed by atoms with van der Waals surface area (Å²) in [7, 11) is 0. The average molecular weight is 450 g/mol. The quantitative estimate of drug-likeness (QED) is 0.761. The Hall–Kier alpha value is -3.55. The van der Waals surface area contributed by atoms with Gasteiger partial charge in [-0.2, -0.15) is 0 Å². The molecule has 8 heteroatoms. The monoisotopic (exact) mass is 449 g/mol. The van der Waals surface area contributed by atoms with E-state index < -0.39 is 6.04 Å². The standard InChI is InChI=1S/C25H27N3O5/c1-25(2,3)12-22(29)27-8-9-28-19(13-27)23(30)26-18-6-4-15(10-17(18)24(28)31)16-5-7-20-21(11-16)33-14-32-20/h4-7,10-11,19H,8-9,12-14H2,1-3H3,(H,26,30)/t19-/m1/s1. The number of amides is 3. The first-order chi connectivity index (χ1) is 15.7. The van der Waals surface area contributed by atoms with Gasteiger partial charge in [0.15, 0.2) is 11.5 Å². The molecule has 0 spiro atoms. The molecule has 5 rings (SSSR count). The maximum atomic E-state index is 13.5. The van der Waals surface area contributed by atoms with E-state index in [1.807, 2.05) is 45.0 Å². The van der Waals surface area contributed by atoms with Gasteiger partial charge < -0.3 is 24.6 Å². The molecular formula is C25H27N3O5. The van der Waals surface area contributed by atoms with Gasteiger partial charge in [-0.05, 0) is 40.8 Å². The van der Waals surface area contributed by atoms with Crippen LogP contribution in [0, 0.1) is 5.41 Å². The zero-order chi connectivity index (χ0) is 23.3. The van der Waals surface area contributed by atoms with E-state index in [4.69, 9.17) is 9.47 Å². The van der Waals surface area contributed by atoms with Crippen LogP contribution in [0.15, 0.2) is 36.4 Å². The summed E-state index contributed by atoms with van der Waals surface area (Å²) in [5.41, 5.74) is 2.51. The fraction of sp³-hybridized carbons (Fsp3) is 0.400. The lowest BCUT2D eigenvalue weighted by Crippen LogP contribution is -2.59. The number of hydrogen-bond acceptors (Lipinski definition) is 5. The van der Waals surface area contributed by atoms with E-state index in [2.05, 4.69) is 5.32 Å². The Labute approximate surface area is 192 Å². The van der Waals surface area contributed by atoms with Gasteiger partial charge in [-0.3, -0.25) is 14.4 Å². The lowest BCUT2D eigenvalue weighted by atomic mass is 9.91. The topological polar surface area (TPSA) is 88.2 Å². The smallest absolute Gasteiger partial charge is 0.256 e. The Morgan fingerprint density at radius 2 is 1.76 bits per heavy atom. The summed E-state index contributed by atoms with van der Waals surface area (Å²) in [5, 5.41) is 2.90. The summed E-state index contributed by atoms with van der Waals surface area (Å²) in [6, 6.07) is 10.4. The Kier molecular flexibility index (Phi) is 5.03. The minimum absolute atomic E-state index is 0.00857. The molecule has 8 nitrogen and oxygen atoms in total. The number of nitrogens with zero attached hydrogens (tertiary/aromatic N) is 2. The molecule has 3 aliphatic rings. The highest BCUT2D eigenvalue weighted by Gasteiger charge is 2.40. The molecule has 0 saturated carbocycles. The summed E-state index contributed by atoms with van der Waals surface area (Å²) < 4.78 is 10.9. The summed E-state index contributed by atoms with van der Waals surface area (Å²) in [6.07, 6.45) is 0.397. The van der Waals surface area contributed by atoms with E-state index in [0.717, 1.165) is 11.1 Å². The molecular weight excluding hydrogens is 422 g/mol. The second-order valence-electron chi connectivity index (χ2n) is 9.91. The molecule has 0 unspecified atom stereocenters. The molecule has 3 amide bonds. The highest BCUT2D eigenvalue weighted by atomic mass is 16.7. The maximum absolute atomic E-state index is 13.5. The molecule has 2 aromatic rings. The lowest BCUT2D eigenvalue weighted by molar-refractivity contribution is -0.137. The van der Waals surface area contributed by atoms with Crippen LogP contribution in [0.3, 0.4) is 0 Å². The Balaban J connectivity index is 1.41. The zero-order valence-corrected chi connectivity index (χ0v) is 19.0. The number of carbonyl (C=O) groups is 3. The molecule has 1 fully saturated rings. The molecule has 3 aliphatic heterocycles. The van der Waals surface area contributed by atoms with Crippen LogP contribution in [0.2, 0.25) is 0 Å². The fourth-order valence-electron chi connectivity index (χ4n) is 4.50. The first-order valence-electron chi connectivity index (χ1n) is 11.1. The van der Waals surface area contributed by atoms with Crippen LogP contribution in [-0.4, -0.2) is 60.0 Å². The largest absolute Gasteiger partial charge is 0.454 e. The Morgan fingerprint density at radius 1 is 1.03 bits per heavy atom. The van der Waals surface area contributed by atoms with E-state index in [0.29, 0.717) is 42.3 Å². The molecule has 1 N–H and O–H groups in total. The molecule has 0 aliphatic carbocycles. The third-order valence-electron chi connectivity index (χ3n) is 6.19. The van der Waals surface area contributed by atoms with Gasteiger partial charge in [0.25, 0.3) is 5.91 Å². The van der Waals surface area contributed by atoms with Crippen LogP contribution in [0.25, 0.3) is 11.1 Å². The predicted molar refractivity (Wildman–Crippen MR) is 122 cm³/mol. The SMILES string of the molecule is CC(C)(C)CC(=O)N1CCN2C(=O)c3cc(-c4ccc5c(c4)OCO5)ccc3NC(=O)[C@H]2C1.